The Bertz CT molecular complexity index is 436. The maximum atomic E-state index is 13.8. The largest absolute Gasteiger partial charge is 0.385 e. The summed E-state index contributed by atoms with van der Waals surface area (Å²) in [6.07, 6.45) is 2.26. The highest BCUT2D eigenvalue weighted by Crippen LogP contribution is 2.38. The third-order valence-electron chi connectivity index (χ3n) is 3.54. The molecule has 0 spiro atoms. The summed E-state index contributed by atoms with van der Waals surface area (Å²) >= 11 is 0. The molecule has 2 unspecified atom stereocenters. The smallest absolute Gasteiger partial charge is 0.165 e. The van der Waals surface area contributed by atoms with Crippen molar-refractivity contribution in [1.29, 1.82) is 0 Å². The first kappa shape index (κ1) is 12.5. The summed E-state index contributed by atoms with van der Waals surface area (Å²) in [6, 6.07) is 2.80. The number of benzene rings is 1. The van der Waals surface area contributed by atoms with Gasteiger partial charge in [-0.15, -0.1) is 0 Å². The summed E-state index contributed by atoms with van der Waals surface area (Å²) < 4.78 is 27.3. The molecule has 0 heterocycles. The van der Waals surface area contributed by atoms with Crippen molar-refractivity contribution in [3.63, 3.8) is 0 Å². The Morgan fingerprint density at radius 3 is 2.71 bits per heavy atom. The Labute approximate surface area is 99.4 Å². The topological polar surface area (TPSA) is 46.2 Å². The summed E-state index contributed by atoms with van der Waals surface area (Å²) in [7, 11) is 0. The van der Waals surface area contributed by atoms with Crippen LogP contribution in [0.4, 0.5) is 8.78 Å². The fourth-order valence-electron chi connectivity index (χ4n) is 2.54. The van der Waals surface area contributed by atoms with Crippen LogP contribution in [0.1, 0.15) is 36.8 Å². The van der Waals surface area contributed by atoms with Crippen LogP contribution >= 0.6 is 0 Å². The first-order chi connectivity index (χ1) is 7.94. The second-order valence-electron chi connectivity index (χ2n) is 4.95. The molecule has 2 atom stereocenters. The van der Waals surface area contributed by atoms with E-state index < -0.39 is 17.2 Å². The first-order valence-electron chi connectivity index (χ1n) is 5.87. The first-order valence-corrected chi connectivity index (χ1v) is 5.87. The van der Waals surface area contributed by atoms with Crippen LogP contribution in [-0.4, -0.2) is 11.1 Å². The lowest BCUT2D eigenvalue weighted by Crippen LogP contribution is -2.39. The molecule has 4 heteroatoms. The second-order valence-corrected chi connectivity index (χ2v) is 4.95. The van der Waals surface area contributed by atoms with E-state index in [2.05, 4.69) is 0 Å². The molecule has 1 aliphatic carbocycles. The van der Waals surface area contributed by atoms with Crippen LogP contribution in [0.15, 0.2) is 12.1 Å². The quantitative estimate of drug-likeness (QED) is 0.793. The van der Waals surface area contributed by atoms with E-state index in [0.717, 1.165) is 12.8 Å². The monoisotopic (exact) mass is 241 g/mol. The van der Waals surface area contributed by atoms with Gasteiger partial charge in [-0.3, -0.25) is 0 Å². The molecule has 17 heavy (non-hydrogen) atoms. The highest BCUT2D eigenvalue weighted by molar-refractivity contribution is 5.30. The van der Waals surface area contributed by atoms with Crippen molar-refractivity contribution < 1.29 is 13.9 Å². The Balaban J connectivity index is 2.42. The lowest BCUT2D eigenvalue weighted by atomic mass is 9.77. The molecule has 0 saturated heterocycles. The van der Waals surface area contributed by atoms with Crippen molar-refractivity contribution in [1.82, 2.24) is 0 Å². The minimum absolute atomic E-state index is 0.0377. The maximum absolute atomic E-state index is 13.8. The van der Waals surface area contributed by atoms with Gasteiger partial charge in [-0.2, -0.15) is 0 Å². The zero-order valence-electron chi connectivity index (χ0n) is 9.84. The SMILES string of the molecule is Cc1ccc(C2(O)CCCC(N)C2)c(F)c1F. The number of aliphatic hydroxyl groups is 1. The van der Waals surface area contributed by atoms with Crippen molar-refractivity contribution in [3.05, 3.63) is 34.9 Å². The van der Waals surface area contributed by atoms with Gasteiger partial charge in [0.2, 0.25) is 0 Å². The summed E-state index contributed by atoms with van der Waals surface area (Å²) in [5.74, 6) is -1.82. The van der Waals surface area contributed by atoms with Gasteiger partial charge in [0.25, 0.3) is 0 Å². The average molecular weight is 241 g/mol. The van der Waals surface area contributed by atoms with Gasteiger partial charge in [0.05, 0.1) is 5.60 Å². The van der Waals surface area contributed by atoms with Crippen LogP contribution in [-0.2, 0) is 5.60 Å². The van der Waals surface area contributed by atoms with Gasteiger partial charge in [-0.1, -0.05) is 12.1 Å². The Morgan fingerprint density at radius 2 is 2.06 bits per heavy atom. The van der Waals surface area contributed by atoms with E-state index in [-0.39, 0.29) is 23.6 Å². The summed E-state index contributed by atoms with van der Waals surface area (Å²) in [6.45, 7) is 1.50. The predicted octanol–water partition coefficient (Wildman–Crippen LogP) is 2.36. The zero-order valence-corrected chi connectivity index (χ0v) is 9.84. The molecule has 2 nitrogen and oxygen atoms in total. The molecule has 0 aliphatic heterocycles. The standard InChI is InChI=1S/C13H17F2NO/c1-8-4-5-10(12(15)11(8)14)13(17)6-2-3-9(16)7-13/h4-5,9,17H,2-3,6-7,16H2,1H3. The van der Waals surface area contributed by atoms with Crippen molar-refractivity contribution in [2.24, 2.45) is 5.73 Å². The molecule has 0 bridgehead atoms. The number of aryl methyl sites for hydroxylation is 1. The molecule has 1 saturated carbocycles. The third-order valence-corrected chi connectivity index (χ3v) is 3.54. The van der Waals surface area contributed by atoms with Crippen LogP contribution in [0.5, 0.6) is 0 Å². The van der Waals surface area contributed by atoms with Crippen molar-refractivity contribution >= 4 is 0 Å². The Kier molecular flexibility index (Phi) is 3.19. The molecule has 2 rings (SSSR count). The molecule has 1 aromatic rings. The highest BCUT2D eigenvalue weighted by atomic mass is 19.2. The second kappa shape index (κ2) is 4.35. The van der Waals surface area contributed by atoms with Gasteiger partial charge in [0.1, 0.15) is 0 Å². The van der Waals surface area contributed by atoms with Gasteiger partial charge in [0.15, 0.2) is 11.6 Å². The molecule has 0 aromatic heterocycles. The zero-order chi connectivity index (χ0) is 12.6. The minimum Gasteiger partial charge on any atom is -0.385 e. The molecular formula is C13H17F2NO. The molecule has 1 aromatic carbocycles. The van der Waals surface area contributed by atoms with Gasteiger partial charge in [-0.05, 0) is 38.2 Å². The van der Waals surface area contributed by atoms with E-state index in [4.69, 9.17) is 5.73 Å². The molecular weight excluding hydrogens is 224 g/mol. The van der Waals surface area contributed by atoms with E-state index >= 15 is 0 Å². The van der Waals surface area contributed by atoms with Gasteiger partial charge in [-0.25, -0.2) is 8.78 Å². The number of halogens is 2. The van der Waals surface area contributed by atoms with E-state index in [1.807, 2.05) is 0 Å². The molecule has 94 valence electrons. The Hall–Kier alpha value is -1.00. The van der Waals surface area contributed by atoms with Crippen LogP contribution in [0.3, 0.4) is 0 Å². The fourth-order valence-corrected chi connectivity index (χ4v) is 2.54. The number of hydrogen-bond acceptors (Lipinski definition) is 2. The summed E-state index contributed by atoms with van der Waals surface area (Å²) in [4.78, 5) is 0. The summed E-state index contributed by atoms with van der Waals surface area (Å²) in [5, 5.41) is 10.4. The maximum Gasteiger partial charge on any atom is 0.165 e. The normalized spacial score (nSPS) is 29.4. The van der Waals surface area contributed by atoms with E-state index in [0.29, 0.717) is 6.42 Å². The van der Waals surface area contributed by atoms with Crippen molar-refractivity contribution in [2.75, 3.05) is 0 Å². The minimum atomic E-state index is -1.32. The van der Waals surface area contributed by atoms with Gasteiger partial charge < -0.3 is 10.8 Å². The molecule has 1 aliphatic rings. The number of hydrogen-bond donors (Lipinski definition) is 2. The highest BCUT2D eigenvalue weighted by Gasteiger charge is 2.37. The van der Waals surface area contributed by atoms with E-state index in [1.165, 1.54) is 19.1 Å². The van der Waals surface area contributed by atoms with Crippen LogP contribution < -0.4 is 5.73 Å². The Morgan fingerprint density at radius 1 is 1.35 bits per heavy atom. The van der Waals surface area contributed by atoms with Crippen LogP contribution in [0.2, 0.25) is 0 Å². The number of rotatable bonds is 1. The molecule has 1 fully saturated rings. The summed E-state index contributed by atoms with van der Waals surface area (Å²) in [5.41, 5.74) is 4.75. The fraction of sp³-hybridized carbons (Fsp3) is 0.538. The van der Waals surface area contributed by atoms with Gasteiger partial charge in [0, 0.05) is 11.6 Å². The van der Waals surface area contributed by atoms with Crippen LogP contribution in [0.25, 0.3) is 0 Å². The van der Waals surface area contributed by atoms with Crippen molar-refractivity contribution in [3.8, 4) is 0 Å². The van der Waals surface area contributed by atoms with E-state index in [9.17, 15) is 13.9 Å². The number of nitrogens with two attached hydrogens (primary N) is 1. The predicted molar refractivity (Wildman–Crippen MR) is 61.4 cm³/mol. The van der Waals surface area contributed by atoms with Crippen LogP contribution in [0, 0.1) is 18.6 Å². The average Bonchev–Trinajstić information content (AvgIpc) is 2.25. The van der Waals surface area contributed by atoms with Gasteiger partial charge >= 0.3 is 0 Å². The van der Waals surface area contributed by atoms with Crippen molar-refractivity contribution in [2.45, 2.75) is 44.2 Å². The third kappa shape index (κ3) is 2.19. The molecule has 0 amide bonds. The lowest BCUT2D eigenvalue weighted by Gasteiger charge is -2.36. The molecule has 3 N–H and O–H groups in total. The lowest BCUT2D eigenvalue weighted by molar-refractivity contribution is -0.0107. The van der Waals surface area contributed by atoms with E-state index in [1.54, 1.807) is 0 Å². The molecule has 0 radical (unpaired) electrons.